The standard InChI is InChI=1S/C25H30Cl2F2N2O4/c1-14-7-16(30-11-17(32)12-34-18-3-5-20(26)22(28)9-18)8-15(2)25(14)31-24(33)13-35-19-4-6-21(27)23(29)10-19/h3-6,9-10,14-17,25,30,32H,7-8,11-13H2,1-2H3,(H,31,33)/t14?,15?,16-,17?,25-. The maximum atomic E-state index is 13.5. The van der Waals surface area contributed by atoms with Crippen LogP contribution in [0.25, 0.3) is 0 Å². The quantitative estimate of drug-likeness (QED) is 0.418. The van der Waals surface area contributed by atoms with Gasteiger partial charge in [0.25, 0.3) is 5.91 Å². The molecule has 1 amide bonds. The van der Waals surface area contributed by atoms with Crippen molar-refractivity contribution >= 4 is 29.1 Å². The SMILES string of the molecule is CC1C[C@H](NCC(O)COc2ccc(Cl)c(F)c2)CC(C)[C@H]1NC(=O)COc1ccc(Cl)c(F)c1. The molecule has 3 rings (SSSR count). The minimum Gasteiger partial charge on any atom is -0.491 e. The fourth-order valence-corrected chi connectivity index (χ4v) is 4.60. The molecule has 1 fully saturated rings. The molecule has 3 unspecified atom stereocenters. The topological polar surface area (TPSA) is 79.8 Å². The summed E-state index contributed by atoms with van der Waals surface area (Å²) in [5, 5.41) is 16.6. The zero-order valence-corrected chi connectivity index (χ0v) is 21.1. The van der Waals surface area contributed by atoms with E-state index < -0.39 is 17.7 Å². The Balaban J connectivity index is 1.39. The van der Waals surface area contributed by atoms with Crippen LogP contribution in [-0.2, 0) is 4.79 Å². The third-order valence-corrected chi connectivity index (χ3v) is 6.72. The molecule has 3 N–H and O–H groups in total. The molecule has 3 atom stereocenters. The van der Waals surface area contributed by atoms with E-state index in [0.717, 1.165) is 18.9 Å². The Kier molecular flexibility index (Phi) is 9.98. The third-order valence-electron chi connectivity index (χ3n) is 6.10. The average Bonchev–Trinajstić information content (AvgIpc) is 2.81. The number of carbonyl (C=O) groups excluding carboxylic acids is 1. The number of ether oxygens (including phenoxy) is 2. The van der Waals surface area contributed by atoms with E-state index in [2.05, 4.69) is 24.5 Å². The molecule has 2 aromatic carbocycles. The normalized spacial score (nSPS) is 22.9. The smallest absolute Gasteiger partial charge is 0.258 e. The summed E-state index contributed by atoms with van der Waals surface area (Å²) >= 11 is 11.3. The molecule has 0 heterocycles. The third kappa shape index (κ3) is 8.20. The van der Waals surface area contributed by atoms with Gasteiger partial charge in [0.15, 0.2) is 6.61 Å². The number of hydrogen-bond acceptors (Lipinski definition) is 5. The summed E-state index contributed by atoms with van der Waals surface area (Å²) < 4.78 is 37.8. The van der Waals surface area contributed by atoms with E-state index in [9.17, 15) is 18.7 Å². The van der Waals surface area contributed by atoms with Gasteiger partial charge in [0.2, 0.25) is 0 Å². The predicted octanol–water partition coefficient (Wildman–Crippen LogP) is 4.60. The minimum absolute atomic E-state index is 0.00758. The van der Waals surface area contributed by atoms with Gasteiger partial charge in [-0.05, 0) is 48.9 Å². The molecule has 0 saturated heterocycles. The highest BCUT2D eigenvalue weighted by atomic mass is 35.5. The monoisotopic (exact) mass is 530 g/mol. The van der Waals surface area contributed by atoms with Crippen LogP contribution >= 0.6 is 23.2 Å². The number of amides is 1. The second kappa shape index (κ2) is 12.7. The first-order chi connectivity index (χ1) is 16.6. The first-order valence-electron chi connectivity index (χ1n) is 11.5. The predicted molar refractivity (Wildman–Crippen MR) is 131 cm³/mol. The number of carbonyl (C=O) groups is 1. The summed E-state index contributed by atoms with van der Waals surface area (Å²) in [6.07, 6.45) is 0.856. The molecule has 2 aromatic rings. The zero-order valence-electron chi connectivity index (χ0n) is 19.6. The van der Waals surface area contributed by atoms with E-state index in [-0.39, 0.29) is 58.8 Å². The summed E-state index contributed by atoms with van der Waals surface area (Å²) in [7, 11) is 0. The number of hydrogen-bond donors (Lipinski definition) is 3. The first-order valence-corrected chi connectivity index (χ1v) is 12.2. The molecular weight excluding hydrogens is 501 g/mol. The van der Waals surface area contributed by atoms with Gasteiger partial charge in [-0.1, -0.05) is 37.0 Å². The van der Waals surface area contributed by atoms with E-state index in [1.165, 1.54) is 24.3 Å². The highest BCUT2D eigenvalue weighted by molar-refractivity contribution is 6.31. The fourth-order valence-electron chi connectivity index (χ4n) is 4.36. The summed E-state index contributed by atoms with van der Waals surface area (Å²) in [5.74, 6) is -0.532. The molecule has 1 aliphatic carbocycles. The van der Waals surface area contributed by atoms with Crippen molar-refractivity contribution in [1.29, 1.82) is 0 Å². The Labute approximate surface area is 213 Å². The first kappa shape index (κ1) is 27.5. The maximum absolute atomic E-state index is 13.5. The molecule has 0 spiro atoms. The summed E-state index contributed by atoms with van der Waals surface area (Å²) in [6.45, 7) is 4.26. The van der Waals surface area contributed by atoms with Crippen molar-refractivity contribution in [1.82, 2.24) is 10.6 Å². The van der Waals surface area contributed by atoms with Gasteiger partial charge < -0.3 is 25.2 Å². The van der Waals surface area contributed by atoms with E-state index in [4.69, 9.17) is 32.7 Å². The van der Waals surface area contributed by atoms with Gasteiger partial charge in [0.05, 0.1) is 10.0 Å². The van der Waals surface area contributed by atoms with E-state index in [1.54, 1.807) is 6.07 Å². The lowest BCUT2D eigenvalue weighted by Crippen LogP contribution is -2.53. The molecule has 1 saturated carbocycles. The Hall–Kier alpha value is -2.13. The second-order valence-electron chi connectivity index (χ2n) is 9.03. The van der Waals surface area contributed by atoms with Gasteiger partial charge >= 0.3 is 0 Å². The van der Waals surface area contributed by atoms with Gasteiger partial charge in [0.1, 0.15) is 35.8 Å². The van der Waals surface area contributed by atoms with Gasteiger partial charge in [-0.3, -0.25) is 4.79 Å². The van der Waals surface area contributed by atoms with Crippen LogP contribution in [0.3, 0.4) is 0 Å². The largest absolute Gasteiger partial charge is 0.491 e. The van der Waals surface area contributed by atoms with Crippen LogP contribution < -0.4 is 20.1 Å². The summed E-state index contributed by atoms with van der Waals surface area (Å²) in [4.78, 5) is 12.4. The maximum Gasteiger partial charge on any atom is 0.258 e. The number of aliphatic hydroxyl groups excluding tert-OH is 1. The van der Waals surface area contributed by atoms with Crippen molar-refractivity contribution < 1.29 is 28.2 Å². The molecule has 35 heavy (non-hydrogen) atoms. The van der Waals surface area contributed by atoms with Gasteiger partial charge in [0, 0.05) is 30.8 Å². The van der Waals surface area contributed by atoms with Crippen LogP contribution in [0.5, 0.6) is 11.5 Å². The molecule has 0 aliphatic heterocycles. The van der Waals surface area contributed by atoms with E-state index in [1.807, 2.05) is 0 Å². The van der Waals surface area contributed by atoms with Crippen LogP contribution in [0.2, 0.25) is 10.0 Å². The van der Waals surface area contributed by atoms with Crippen molar-refractivity contribution in [3.8, 4) is 11.5 Å². The van der Waals surface area contributed by atoms with E-state index >= 15 is 0 Å². The lowest BCUT2D eigenvalue weighted by molar-refractivity contribution is -0.124. The average molecular weight is 531 g/mol. The van der Waals surface area contributed by atoms with Crippen LogP contribution in [0.4, 0.5) is 8.78 Å². The lowest BCUT2D eigenvalue weighted by Gasteiger charge is -2.40. The molecule has 192 valence electrons. The van der Waals surface area contributed by atoms with Crippen molar-refractivity contribution in [3.63, 3.8) is 0 Å². The Morgan fingerprint density at radius 3 is 2.11 bits per heavy atom. The summed E-state index contributed by atoms with van der Waals surface area (Å²) in [5.41, 5.74) is 0. The number of rotatable bonds is 10. The van der Waals surface area contributed by atoms with Gasteiger partial charge in [-0.2, -0.15) is 0 Å². The Morgan fingerprint density at radius 2 is 1.57 bits per heavy atom. The second-order valence-corrected chi connectivity index (χ2v) is 9.84. The van der Waals surface area contributed by atoms with Gasteiger partial charge in [-0.15, -0.1) is 0 Å². The Morgan fingerprint density at radius 1 is 1.03 bits per heavy atom. The highest BCUT2D eigenvalue weighted by Crippen LogP contribution is 2.29. The van der Waals surface area contributed by atoms with Crippen LogP contribution in [0.15, 0.2) is 36.4 Å². The summed E-state index contributed by atoms with van der Waals surface area (Å²) in [6, 6.07) is 8.30. The number of halogens is 4. The van der Waals surface area contributed by atoms with Gasteiger partial charge in [-0.25, -0.2) is 8.78 Å². The molecule has 0 aromatic heterocycles. The molecule has 1 aliphatic rings. The molecule has 10 heteroatoms. The lowest BCUT2D eigenvalue weighted by atomic mass is 9.76. The van der Waals surface area contributed by atoms with Crippen molar-refractivity contribution in [2.45, 2.75) is 44.9 Å². The molecular formula is C25H30Cl2F2N2O4. The van der Waals surface area contributed by atoms with Crippen molar-refractivity contribution in [2.24, 2.45) is 11.8 Å². The van der Waals surface area contributed by atoms with Crippen LogP contribution in [0, 0.1) is 23.5 Å². The molecule has 6 nitrogen and oxygen atoms in total. The van der Waals surface area contributed by atoms with Crippen molar-refractivity contribution in [2.75, 3.05) is 19.8 Å². The molecule has 0 bridgehead atoms. The zero-order chi connectivity index (χ0) is 25.5. The van der Waals surface area contributed by atoms with E-state index in [0.29, 0.717) is 12.3 Å². The van der Waals surface area contributed by atoms with Crippen molar-refractivity contribution in [3.05, 3.63) is 58.1 Å². The van der Waals surface area contributed by atoms with Crippen LogP contribution in [-0.4, -0.2) is 49.0 Å². The highest BCUT2D eigenvalue weighted by Gasteiger charge is 2.34. The number of aliphatic hydroxyl groups is 1. The number of benzene rings is 2. The minimum atomic E-state index is -0.772. The molecule has 0 radical (unpaired) electrons. The van der Waals surface area contributed by atoms with Crippen LogP contribution in [0.1, 0.15) is 26.7 Å². The number of nitrogens with one attached hydrogen (secondary N) is 2. The fraction of sp³-hybridized carbons (Fsp3) is 0.480. The Bertz CT molecular complexity index is 1000.